The summed E-state index contributed by atoms with van der Waals surface area (Å²) in [6.45, 7) is 19.4. The third-order valence-electron chi connectivity index (χ3n) is 7.16. The molecule has 0 aromatic rings. The molecule has 0 aromatic heterocycles. The van der Waals surface area contributed by atoms with Crippen LogP contribution in [0.25, 0.3) is 0 Å². The molecule has 0 radical (unpaired) electrons. The summed E-state index contributed by atoms with van der Waals surface area (Å²) in [5.74, 6) is 0.0726. The lowest BCUT2D eigenvalue weighted by molar-refractivity contribution is 0.153. The predicted octanol–water partition coefficient (Wildman–Crippen LogP) is 3.46. The molecular weight excluding hydrogens is 401 g/mol. The van der Waals surface area contributed by atoms with Gasteiger partial charge in [-0.1, -0.05) is 19.6 Å². The quantitative estimate of drug-likeness (QED) is 0.502. The van der Waals surface area contributed by atoms with Gasteiger partial charge in [0.1, 0.15) is 5.83 Å². The Morgan fingerprint density at radius 3 is 2.75 bits per heavy atom. The Bertz CT molecular complexity index is 827. The molecule has 0 saturated carbocycles. The van der Waals surface area contributed by atoms with Gasteiger partial charge in [-0.3, -0.25) is 0 Å². The Kier molecular flexibility index (Phi) is 8.01. The van der Waals surface area contributed by atoms with E-state index in [4.69, 9.17) is 5.73 Å². The van der Waals surface area contributed by atoms with E-state index in [1.54, 1.807) is 12.2 Å². The molecule has 0 bridgehead atoms. The summed E-state index contributed by atoms with van der Waals surface area (Å²) in [6.07, 6.45) is 6.97. The van der Waals surface area contributed by atoms with E-state index in [0.717, 1.165) is 68.2 Å². The first kappa shape index (κ1) is 24.7. The van der Waals surface area contributed by atoms with E-state index in [1.807, 2.05) is 13.8 Å². The Morgan fingerprint density at radius 1 is 1.38 bits per heavy atom. The second-order valence-corrected chi connectivity index (χ2v) is 10.0. The van der Waals surface area contributed by atoms with Crippen molar-refractivity contribution in [3.05, 3.63) is 58.7 Å². The Morgan fingerprint density at radius 2 is 2.06 bits per heavy atom. The van der Waals surface area contributed by atoms with Crippen LogP contribution in [-0.4, -0.2) is 67.7 Å². The molecule has 6 heteroatoms. The van der Waals surface area contributed by atoms with Crippen molar-refractivity contribution in [2.45, 2.75) is 52.1 Å². The largest absolute Gasteiger partial charge is 0.385 e. The molecule has 0 amide bonds. The van der Waals surface area contributed by atoms with Gasteiger partial charge in [-0.05, 0) is 76.1 Å². The maximum atomic E-state index is 13.9. The van der Waals surface area contributed by atoms with Gasteiger partial charge in [0, 0.05) is 55.6 Å². The molecule has 1 fully saturated rings. The summed E-state index contributed by atoms with van der Waals surface area (Å²) < 4.78 is 13.9. The Balaban J connectivity index is 1.54. The standard InChI is InChI=1S/C26H42FN5/c1-18(23-17-22(27)8-9-26(23,5)28)16-24-19(2)25(21(4)30-24)20(3)29-10-7-11-32-14-12-31(6)13-15-32/h8,16-17,19,24,29-30H,3,7,9-15,28H2,1-2,4-6H3/b18-16+. The highest BCUT2D eigenvalue weighted by atomic mass is 19.1. The molecule has 4 N–H and O–H groups in total. The number of hydrogen-bond acceptors (Lipinski definition) is 5. The number of allylic oxidation sites excluding steroid dienone is 4. The lowest BCUT2D eigenvalue weighted by Crippen LogP contribution is -2.45. The van der Waals surface area contributed by atoms with E-state index in [0.29, 0.717) is 6.42 Å². The van der Waals surface area contributed by atoms with E-state index >= 15 is 0 Å². The molecule has 3 aliphatic rings. The van der Waals surface area contributed by atoms with Crippen LogP contribution in [0.4, 0.5) is 4.39 Å². The summed E-state index contributed by atoms with van der Waals surface area (Å²) in [7, 11) is 2.19. The smallest absolute Gasteiger partial charge is 0.119 e. The van der Waals surface area contributed by atoms with Crippen molar-refractivity contribution in [2.75, 3.05) is 46.3 Å². The van der Waals surface area contributed by atoms with Crippen molar-refractivity contribution < 1.29 is 4.39 Å². The first-order valence-corrected chi connectivity index (χ1v) is 12.0. The molecular formula is C26H42FN5. The number of rotatable bonds is 8. The van der Waals surface area contributed by atoms with Crippen LogP contribution in [0.15, 0.2) is 58.7 Å². The SMILES string of the molecule is C=C(NCCCN1CCN(C)CC1)C1=C(C)NC(/C=C(\C)C2=CC(F)=CCC2(C)N)C1C. The van der Waals surface area contributed by atoms with Gasteiger partial charge >= 0.3 is 0 Å². The van der Waals surface area contributed by atoms with Crippen LogP contribution in [0.1, 0.15) is 40.5 Å². The van der Waals surface area contributed by atoms with Crippen molar-refractivity contribution in [3.63, 3.8) is 0 Å². The van der Waals surface area contributed by atoms with E-state index in [9.17, 15) is 4.39 Å². The highest BCUT2D eigenvalue weighted by Crippen LogP contribution is 2.35. The third-order valence-corrected chi connectivity index (χ3v) is 7.16. The van der Waals surface area contributed by atoms with Crippen LogP contribution in [0, 0.1) is 5.92 Å². The molecule has 178 valence electrons. The monoisotopic (exact) mass is 443 g/mol. The maximum Gasteiger partial charge on any atom is 0.119 e. The predicted molar refractivity (Wildman–Crippen MR) is 133 cm³/mol. The first-order valence-electron chi connectivity index (χ1n) is 12.0. The maximum absolute atomic E-state index is 13.9. The number of likely N-dealkylation sites (N-methyl/N-ethyl adjacent to an activating group) is 1. The van der Waals surface area contributed by atoms with Crippen LogP contribution in [-0.2, 0) is 0 Å². The zero-order chi connectivity index (χ0) is 23.5. The van der Waals surface area contributed by atoms with Gasteiger partial charge < -0.3 is 26.2 Å². The minimum atomic E-state index is -0.543. The minimum absolute atomic E-state index is 0.138. The van der Waals surface area contributed by atoms with Crippen LogP contribution in [0.2, 0.25) is 0 Å². The van der Waals surface area contributed by atoms with Crippen molar-refractivity contribution >= 4 is 0 Å². The van der Waals surface area contributed by atoms with E-state index in [-0.39, 0.29) is 17.8 Å². The van der Waals surface area contributed by atoms with Gasteiger partial charge in [-0.15, -0.1) is 0 Å². The minimum Gasteiger partial charge on any atom is -0.385 e. The zero-order valence-corrected chi connectivity index (χ0v) is 20.6. The number of piperazine rings is 1. The summed E-state index contributed by atoms with van der Waals surface area (Å²) in [6, 6.07) is 0.138. The van der Waals surface area contributed by atoms with Gasteiger partial charge in [-0.2, -0.15) is 0 Å². The highest BCUT2D eigenvalue weighted by Gasteiger charge is 2.32. The molecule has 0 aromatic carbocycles. The van der Waals surface area contributed by atoms with Crippen molar-refractivity contribution in [3.8, 4) is 0 Å². The first-order chi connectivity index (χ1) is 15.1. The van der Waals surface area contributed by atoms with Crippen molar-refractivity contribution in [2.24, 2.45) is 11.7 Å². The average Bonchev–Trinajstić information content (AvgIpc) is 3.01. The van der Waals surface area contributed by atoms with Gasteiger partial charge in [0.2, 0.25) is 0 Å². The molecule has 0 spiro atoms. The van der Waals surface area contributed by atoms with Gasteiger partial charge in [0.15, 0.2) is 0 Å². The lowest BCUT2D eigenvalue weighted by atomic mass is 9.80. The van der Waals surface area contributed by atoms with Crippen molar-refractivity contribution in [1.82, 2.24) is 20.4 Å². The number of nitrogens with one attached hydrogen (secondary N) is 2. The summed E-state index contributed by atoms with van der Waals surface area (Å²) in [4.78, 5) is 4.93. The fourth-order valence-electron chi connectivity index (χ4n) is 5.07. The van der Waals surface area contributed by atoms with Crippen LogP contribution < -0.4 is 16.4 Å². The van der Waals surface area contributed by atoms with Gasteiger partial charge in [0.05, 0.1) is 6.04 Å². The third kappa shape index (κ3) is 5.91. The van der Waals surface area contributed by atoms with E-state index in [1.165, 1.54) is 5.57 Å². The van der Waals surface area contributed by atoms with E-state index < -0.39 is 5.54 Å². The molecule has 1 saturated heterocycles. The van der Waals surface area contributed by atoms with Crippen LogP contribution >= 0.6 is 0 Å². The van der Waals surface area contributed by atoms with E-state index in [2.05, 4.69) is 54.0 Å². The molecule has 2 aliphatic heterocycles. The molecule has 32 heavy (non-hydrogen) atoms. The molecule has 3 rings (SSSR count). The summed E-state index contributed by atoms with van der Waals surface area (Å²) in [5.41, 5.74) is 11.2. The molecule has 3 unspecified atom stereocenters. The van der Waals surface area contributed by atoms with Gasteiger partial charge in [-0.25, -0.2) is 4.39 Å². The number of halogens is 1. The Labute approximate surface area is 194 Å². The molecule has 5 nitrogen and oxygen atoms in total. The zero-order valence-electron chi connectivity index (χ0n) is 20.6. The fourth-order valence-corrected chi connectivity index (χ4v) is 5.07. The number of hydrogen-bond donors (Lipinski definition) is 3. The van der Waals surface area contributed by atoms with Crippen molar-refractivity contribution in [1.29, 1.82) is 0 Å². The highest BCUT2D eigenvalue weighted by molar-refractivity contribution is 5.47. The topological polar surface area (TPSA) is 56.6 Å². The average molecular weight is 444 g/mol. The Hall–Kier alpha value is -1.89. The van der Waals surface area contributed by atoms with Gasteiger partial charge in [0.25, 0.3) is 0 Å². The van der Waals surface area contributed by atoms with Crippen LogP contribution in [0.5, 0.6) is 0 Å². The lowest BCUT2D eigenvalue weighted by Gasteiger charge is -2.32. The molecule has 3 atom stereocenters. The summed E-state index contributed by atoms with van der Waals surface area (Å²) in [5, 5.41) is 7.15. The molecule has 2 heterocycles. The molecule has 1 aliphatic carbocycles. The second-order valence-electron chi connectivity index (χ2n) is 10.0. The van der Waals surface area contributed by atoms with Crippen LogP contribution in [0.3, 0.4) is 0 Å². The normalized spacial score (nSPS) is 30.2. The second kappa shape index (κ2) is 10.4. The summed E-state index contributed by atoms with van der Waals surface area (Å²) >= 11 is 0. The number of nitrogens with two attached hydrogens (primary N) is 1. The fraction of sp³-hybridized carbons (Fsp3) is 0.615. The number of nitrogens with zero attached hydrogens (tertiary/aromatic N) is 2.